The number of hydrogen-bond acceptors (Lipinski definition) is 7. The quantitative estimate of drug-likeness (QED) is 0.617. The van der Waals surface area contributed by atoms with Crippen molar-refractivity contribution < 1.29 is 9.21 Å². The number of likely N-dealkylation sites (tertiary alicyclic amines) is 1. The first kappa shape index (κ1) is 19.3. The highest BCUT2D eigenvalue weighted by Gasteiger charge is 2.29. The van der Waals surface area contributed by atoms with Crippen molar-refractivity contribution in [2.45, 2.75) is 39.2 Å². The fourth-order valence-electron chi connectivity index (χ4n) is 3.42. The molecule has 4 rings (SSSR count). The molecule has 1 aliphatic heterocycles. The summed E-state index contributed by atoms with van der Waals surface area (Å²) in [5.41, 5.74) is 1.82. The number of thiazole rings is 1. The van der Waals surface area contributed by atoms with Crippen LogP contribution in [0.25, 0.3) is 6.08 Å². The van der Waals surface area contributed by atoms with E-state index in [4.69, 9.17) is 9.40 Å². The zero-order chi connectivity index (χ0) is 20.2. The lowest BCUT2D eigenvalue weighted by atomic mass is 10.0. The first-order valence-electron chi connectivity index (χ1n) is 9.65. The molecule has 0 saturated carbocycles. The molecule has 1 atom stereocenters. The average molecular weight is 410 g/mol. The summed E-state index contributed by atoms with van der Waals surface area (Å²) >= 11 is 1.54. The van der Waals surface area contributed by atoms with Crippen molar-refractivity contribution in [3.63, 3.8) is 0 Å². The lowest BCUT2D eigenvalue weighted by molar-refractivity contribution is -0.129. The number of rotatable bonds is 5. The Morgan fingerprint density at radius 1 is 1.28 bits per heavy atom. The number of nitrogens with one attached hydrogen (secondary N) is 1. The van der Waals surface area contributed by atoms with E-state index < -0.39 is 0 Å². The molecule has 1 saturated heterocycles. The Bertz CT molecular complexity index is 1010. The van der Waals surface area contributed by atoms with Crippen LogP contribution in [0.4, 0.5) is 10.9 Å². The van der Waals surface area contributed by atoms with Gasteiger partial charge >= 0.3 is 0 Å². The second-order valence-electron chi connectivity index (χ2n) is 7.06. The van der Waals surface area contributed by atoms with E-state index in [1.807, 2.05) is 36.3 Å². The van der Waals surface area contributed by atoms with Gasteiger partial charge in [0.25, 0.3) is 0 Å². The predicted molar refractivity (Wildman–Crippen MR) is 113 cm³/mol. The second kappa shape index (κ2) is 8.57. The van der Waals surface area contributed by atoms with Crippen LogP contribution in [0.5, 0.6) is 0 Å². The standard InChI is InChI=1S/C21H23N5O2S/c1-14-12-18(25-21-23-15(2)13-29-21)24-20(22-14)17-7-3-4-10-26(17)19(27)9-8-16-6-5-11-28-16/h5-6,8-9,11-13,17H,3-4,7,10H2,1-2H3,(H,22,23,24,25)/b9-8+/t17-/m1/s1. The molecule has 0 spiro atoms. The van der Waals surface area contributed by atoms with Crippen LogP contribution in [0.15, 0.2) is 40.3 Å². The minimum atomic E-state index is -0.143. The van der Waals surface area contributed by atoms with Crippen LogP contribution in [-0.2, 0) is 4.79 Å². The summed E-state index contributed by atoms with van der Waals surface area (Å²) in [7, 11) is 0. The van der Waals surface area contributed by atoms with Gasteiger partial charge in [-0.3, -0.25) is 4.79 Å². The molecule has 1 amide bonds. The fourth-order valence-corrected chi connectivity index (χ4v) is 4.12. The van der Waals surface area contributed by atoms with Crippen LogP contribution >= 0.6 is 11.3 Å². The number of aryl methyl sites for hydroxylation is 2. The van der Waals surface area contributed by atoms with E-state index in [9.17, 15) is 4.79 Å². The Labute approximate surface area is 173 Å². The van der Waals surface area contributed by atoms with Gasteiger partial charge in [0.2, 0.25) is 5.91 Å². The number of nitrogens with zero attached hydrogens (tertiary/aromatic N) is 4. The minimum Gasteiger partial charge on any atom is -0.465 e. The molecule has 0 bridgehead atoms. The number of furan rings is 1. The third-order valence-corrected chi connectivity index (χ3v) is 5.62. The van der Waals surface area contributed by atoms with E-state index in [-0.39, 0.29) is 11.9 Å². The molecule has 0 aromatic carbocycles. The smallest absolute Gasteiger partial charge is 0.247 e. The average Bonchev–Trinajstić information content (AvgIpc) is 3.37. The van der Waals surface area contributed by atoms with Gasteiger partial charge in [-0.25, -0.2) is 15.0 Å². The zero-order valence-electron chi connectivity index (χ0n) is 16.5. The third-order valence-electron chi connectivity index (χ3n) is 4.74. The number of aromatic nitrogens is 3. The Morgan fingerprint density at radius 2 is 2.17 bits per heavy atom. The maximum Gasteiger partial charge on any atom is 0.247 e. The van der Waals surface area contributed by atoms with E-state index in [0.29, 0.717) is 23.9 Å². The molecule has 0 radical (unpaired) electrons. The van der Waals surface area contributed by atoms with Gasteiger partial charge in [-0.15, -0.1) is 11.3 Å². The maximum atomic E-state index is 12.9. The molecule has 150 valence electrons. The lowest BCUT2D eigenvalue weighted by Gasteiger charge is -2.34. The molecule has 7 nitrogen and oxygen atoms in total. The second-order valence-corrected chi connectivity index (χ2v) is 7.92. The summed E-state index contributed by atoms with van der Waals surface area (Å²) in [5.74, 6) is 1.97. The Balaban J connectivity index is 1.56. The Morgan fingerprint density at radius 3 is 2.93 bits per heavy atom. The first-order valence-corrected chi connectivity index (χ1v) is 10.5. The summed E-state index contributed by atoms with van der Waals surface area (Å²) in [6, 6.07) is 5.37. The molecule has 3 aromatic heterocycles. The van der Waals surface area contributed by atoms with Gasteiger partial charge in [-0.1, -0.05) is 0 Å². The van der Waals surface area contributed by atoms with Gasteiger partial charge in [0.05, 0.1) is 18.0 Å². The van der Waals surface area contributed by atoms with Crippen LogP contribution < -0.4 is 5.32 Å². The van der Waals surface area contributed by atoms with Crippen molar-refractivity contribution in [3.05, 3.63) is 58.9 Å². The van der Waals surface area contributed by atoms with E-state index in [0.717, 1.165) is 35.8 Å². The van der Waals surface area contributed by atoms with Crippen molar-refractivity contribution in [3.8, 4) is 0 Å². The van der Waals surface area contributed by atoms with Crippen molar-refractivity contribution >= 4 is 34.3 Å². The molecular formula is C21H23N5O2S. The first-order chi connectivity index (χ1) is 14.1. The molecule has 8 heteroatoms. The van der Waals surface area contributed by atoms with Gasteiger partial charge < -0.3 is 14.6 Å². The summed E-state index contributed by atoms with van der Waals surface area (Å²) in [6.07, 6.45) is 7.72. The molecule has 1 N–H and O–H groups in total. The zero-order valence-corrected chi connectivity index (χ0v) is 17.3. The van der Waals surface area contributed by atoms with E-state index in [1.54, 1.807) is 24.5 Å². The Hall–Kier alpha value is -3.00. The molecule has 1 fully saturated rings. The van der Waals surface area contributed by atoms with Gasteiger partial charge in [-0.2, -0.15) is 0 Å². The Kier molecular flexibility index (Phi) is 5.71. The van der Waals surface area contributed by atoms with Crippen molar-refractivity contribution in [1.82, 2.24) is 19.9 Å². The number of carbonyl (C=O) groups is 1. The summed E-state index contributed by atoms with van der Waals surface area (Å²) in [4.78, 5) is 28.5. The largest absolute Gasteiger partial charge is 0.465 e. The highest BCUT2D eigenvalue weighted by atomic mass is 32.1. The fraction of sp³-hybridized carbons (Fsp3) is 0.333. The number of piperidine rings is 1. The summed E-state index contributed by atoms with van der Waals surface area (Å²) in [5, 5.41) is 6.05. The highest BCUT2D eigenvalue weighted by molar-refractivity contribution is 7.13. The van der Waals surface area contributed by atoms with E-state index in [2.05, 4.69) is 15.3 Å². The third kappa shape index (κ3) is 4.71. The number of amides is 1. The van der Waals surface area contributed by atoms with Crippen LogP contribution in [0.1, 0.15) is 48.3 Å². The molecule has 0 aliphatic carbocycles. The monoisotopic (exact) mass is 409 g/mol. The van der Waals surface area contributed by atoms with Gasteiger partial charge in [-0.05, 0) is 51.3 Å². The van der Waals surface area contributed by atoms with Crippen LogP contribution in [0.3, 0.4) is 0 Å². The summed E-state index contributed by atoms with van der Waals surface area (Å²) in [6.45, 7) is 4.59. The van der Waals surface area contributed by atoms with Gasteiger partial charge in [0, 0.05) is 29.8 Å². The highest BCUT2D eigenvalue weighted by Crippen LogP contribution is 2.30. The molecule has 4 heterocycles. The van der Waals surface area contributed by atoms with Crippen molar-refractivity contribution in [2.75, 3.05) is 11.9 Å². The predicted octanol–water partition coefficient (Wildman–Crippen LogP) is 4.65. The molecule has 3 aromatic rings. The van der Waals surface area contributed by atoms with E-state index in [1.165, 1.54) is 11.3 Å². The van der Waals surface area contributed by atoms with E-state index >= 15 is 0 Å². The normalized spacial score (nSPS) is 17.0. The number of hydrogen-bond donors (Lipinski definition) is 1. The molecular weight excluding hydrogens is 386 g/mol. The van der Waals surface area contributed by atoms with Crippen LogP contribution in [0, 0.1) is 13.8 Å². The number of anilines is 2. The van der Waals surface area contributed by atoms with Crippen molar-refractivity contribution in [1.29, 1.82) is 0 Å². The van der Waals surface area contributed by atoms with Gasteiger partial charge in [0.15, 0.2) is 11.0 Å². The summed E-state index contributed by atoms with van der Waals surface area (Å²) < 4.78 is 5.28. The molecule has 29 heavy (non-hydrogen) atoms. The van der Waals surface area contributed by atoms with Crippen LogP contribution in [0.2, 0.25) is 0 Å². The van der Waals surface area contributed by atoms with Crippen LogP contribution in [-0.4, -0.2) is 32.3 Å². The van der Waals surface area contributed by atoms with Gasteiger partial charge in [0.1, 0.15) is 11.6 Å². The minimum absolute atomic E-state index is 0.0544. The SMILES string of the molecule is Cc1cc(Nc2nc(C)cs2)nc([C@H]2CCCCN2C(=O)/C=C/c2ccco2)n1. The molecule has 1 aliphatic rings. The number of carbonyl (C=O) groups excluding carboxylic acids is 1. The maximum absolute atomic E-state index is 12.9. The lowest BCUT2D eigenvalue weighted by Crippen LogP contribution is -2.38. The topological polar surface area (TPSA) is 84.2 Å². The van der Waals surface area contributed by atoms with Crippen molar-refractivity contribution in [2.24, 2.45) is 0 Å². The molecule has 0 unspecified atom stereocenters.